The average Bonchev–Trinajstić information content (AvgIpc) is 2.58. The van der Waals surface area contributed by atoms with Crippen molar-refractivity contribution in [1.82, 2.24) is 5.32 Å². The first-order valence-electron chi connectivity index (χ1n) is 6.92. The lowest BCUT2D eigenvalue weighted by atomic mass is 10.3. The highest BCUT2D eigenvalue weighted by atomic mass is 35.5. The normalized spacial score (nSPS) is 9.96. The molecular formula is C16H15Cl2N3O3. The second-order valence-electron chi connectivity index (χ2n) is 4.69. The molecule has 2 rings (SSSR count). The summed E-state index contributed by atoms with van der Waals surface area (Å²) in [6.07, 6.45) is 0. The minimum absolute atomic E-state index is 0.198. The molecule has 0 heterocycles. The Balaban J connectivity index is 1.82. The second kappa shape index (κ2) is 8.42. The molecule has 0 aliphatic heterocycles. The van der Waals surface area contributed by atoms with Gasteiger partial charge < -0.3 is 20.7 Å². The molecule has 0 atom stereocenters. The molecule has 126 valence electrons. The average molecular weight is 368 g/mol. The molecule has 24 heavy (non-hydrogen) atoms. The smallest absolute Gasteiger partial charge is 0.319 e. The lowest BCUT2D eigenvalue weighted by molar-refractivity contribution is -0.115. The number of amides is 3. The van der Waals surface area contributed by atoms with Gasteiger partial charge in [0.25, 0.3) is 0 Å². The third kappa shape index (κ3) is 5.04. The van der Waals surface area contributed by atoms with Gasteiger partial charge in [0.1, 0.15) is 5.75 Å². The van der Waals surface area contributed by atoms with Crippen LogP contribution in [0.2, 0.25) is 10.0 Å². The van der Waals surface area contributed by atoms with Crippen molar-refractivity contribution in [2.24, 2.45) is 0 Å². The number of carbonyl (C=O) groups is 2. The van der Waals surface area contributed by atoms with Crippen LogP contribution in [0.3, 0.4) is 0 Å². The van der Waals surface area contributed by atoms with Gasteiger partial charge in [0, 0.05) is 5.69 Å². The minimum atomic E-state index is -0.566. The second-order valence-corrected chi connectivity index (χ2v) is 5.47. The Hall–Kier alpha value is -2.44. The van der Waals surface area contributed by atoms with Crippen molar-refractivity contribution in [3.05, 3.63) is 52.5 Å². The molecule has 2 aromatic carbocycles. The number of benzene rings is 2. The molecule has 0 bridgehead atoms. The van der Waals surface area contributed by atoms with Gasteiger partial charge in [0.05, 0.1) is 29.4 Å². The van der Waals surface area contributed by atoms with E-state index in [4.69, 9.17) is 27.9 Å². The highest BCUT2D eigenvalue weighted by Crippen LogP contribution is 2.29. The monoisotopic (exact) mass is 367 g/mol. The van der Waals surface area contributed by atoms with Crippen LogP contribution in [0, 0.1) is 0 Å². The van der Waals surface area contributed by atoms with Gasteiger partial charge in [-0.05, 0) is 36.4 Å². The quantitative estimate of drug-likeness (QED) is 0.752. The Morgan fingerprint density at radius 1 is 1.04 bits per heavy atom. The molecule has 0 fully saturated rings. The van der Waals surface area contributed by atoms with E-state index in [0.29, 0.717) is 22.1 Å². The fourth-order valence-corrected chi connectivity index (χ4v) is 2.15. The molecule has 0 radical (unpaired) electrons. The fourth-order valence-electron chi connectivity index (χ4n) is 1.81. The number of anilines is 2. The summed E-state index contributed by atoms with van der Waals surface area (Å²) in [4.78, 5) is 23.6. The van der Waals surface area contributed by atoms with Crippen LogP contribution in [0.25, 0.3) is 0 Å². The molecule has 0 spiro atoms. The Kier molecular flexibility index (Phi) is 6.28. The summed E-state index contributed by atoms with van der Waals surface area (Å²) in [5.41, 5.74) is 0.957. The standard InChI is InChI=1S/C16H15Cl2N3O3/c1-24-11-7-5-10(6-8-11)20-14(22)9-19-16(23)21-13-4-2-3-12(17)15(13)18/h2-8H,9H2,1H3,(H,20,22)(H2,19,21,23). The molecule has 0 aromatic heterocycles. The number of halogens is 2. The SMILES string of the molecule is COc1ccc(NC(=O)CNC(=O)Nc2cccc(Cl)c2Cl)cc1. The summed E-state index contributed by atoms with van der Waals surface area (Å²) < 4.78 is 5.03. The lowest BCUT2D eigenvalue weighted by Gasteiger charge is -2.10. The fraction of sp³-hybridized carbons (Fsp3) is 0.125. The van der Waals surface area contributed by atoms with Crippen molar-refractivity contribution in [2.45, 2.75) is 0 Å². The number of hydrogen-bond acceptors (Lipinski definition) is 3. The van der Waals surface area contributed by atoms with Gasteiger partial charge in [-0.1, -0.05) is 29.3 Å². The van der Waals surface area contributed by atoms with E-state index in [2.05, 4.69) is 16.0 Å². The highest BCUT2D eigenvalue weighted by Gasteiger charge is 2.09. The van der Waals surface area contributed by atoms with Crippen LogP contribution in [-0.2, 0) is 4.79 Å². The van der Waals surface area contributed by atoms with Crippen molar-refractivity contribution in [1.29, 1.82) is 0 Å². The zero-order chi connectivity index (χ0) is 17.5. The van der Waals surface area contributed by atoms with E-state index in [0.717, 1.165) is 0 Å². The van der Waals surface area contributed by atoms with Gasteiger partial charge in [-0.15, -0.1) is 0 Å². The van der Waals surface area contributed by atoms with Crippen molar-refractivity contribution < 1.29 is 14.3 Å². The van der Waals surface area contributed by atoms with Gasteiger partial charge >= 0.3 is 6.03 Å². The summed E-state index contributed by atoms with van der Waals surface area (Å²) in [6.45, 7) is -0.198. The zero-order valence-electron chi connectivity index (χ0n) is 12.7. The van der Waals surface area contributed by atoms with Crippen LogP contribution in [0.1, 0.15) is 0 Å². The molecular weight excluding hydrogens is 353 g/mol. The first kappa shape index (κ1) is 17.9. The maximum Gasteiger partial charge on any atom is 0.319 e. The largest absolute Gasteiger partial charge is 0.497 e. The van der Waals surface area contributed by atoms with E-state index in [-0.39, 0.29) is 17.5 Å². The molecule has 0 saturated heterocycles. The summed E-state index contributed by atoms with van der Waals surface area (Å²) in [5.74, 6) is 0.316. The van der Waals surface area contributed by atoms with Gasteiger partial charge in [0.2, 0.25) is 5.91 Å². The third-order valence-corrected chi connectivity index (χ3v) is 3.80. The first-order valence-corrected chi connectivity index (χ1v) is 7.68. The molecule has 6 nitrogen and oxygen atoms in total. The zero-order valence-corrected chi connectivity index (χ0v) is 14.2. The molecule has 8 heteroatoms. The predicted octanol–water partition coefficient (Wildman–Crippen LogP) is 3.76. The number of rotatable bonds is 5. The molecule has 0 aliphatic rings. The van der Waals surface area contributed by atoms with Crippen LogP contribution in [0.4, 0.5) is 16.2 Å². The summed E-state index contributed by atoms with van der Waals surface area (Å²) in [7, 11) is 1.56. The molecule has 3 amide bonds. The van der Waals surface area contributed by atoms with Crippen molar-refractivity contribution in [3.63, 3.8) is 0 Å². The Morgan fingerprint density at radius 3 is 2.42 bits per heavy atom. The number of hydrogen-bond donors (Lipinski definition) is 3. The van der Waals surface area contributed by atoms with E-state index in [9.17, 15) is 9.59 Å². The lowest BCUT2D eigenvalue weighted by Crippen LogP contribution is -2.35. The highest BCUT2D eigenvalue weighted by molar-refractivity contribution is 6.43. The number of carbonyl (C=O) groups excluding carboxylic acids is 2. The van der Waals surface area contributed by atoms with Crippen LogP contribution in [-0.4, -0.2) is 25.6 Å². The minimum Gasteiger partial charge on any atom is -0.497 e. The van der Waals surface area contributed by atoms with Gasteiger partial charge in [-0.25, -0.2) is 4.79 Å². The van der Waals surface area contributed by atoms with E-state index >= 15 is 0 Å². The summed E-state index contributed by atoms with van der Waals surface area (Å²) in [5, 5.41) is 8.16. The molecule has 0 unspecified atom stereocenters. The Labute approximate surface area is 149 Å². The number of nitrogens with one attached hydrogen (secondary N) is 3. The van der Waals surface area contributed by atoms with E-state index in [1.54, 1.807) is 49.6 Å². The van der Waals surface area contributed by atoms with Crippen LogP contribution in [0.5, 0.6) is 5.75 Å². The molecule has 0 saturated carbocycles. The van der Waals surface area contributed by atoms with Gasteiger partial charge in [-0.2, -0.15) is 0 Å². The number of methoxy groups -OCH3 is 1. The van der Waals surface area contributed by atoms with E-state index < -0.39 is 6.03 Å². The van der Waals surface area contributed by atoms with Crippen molar-refractivity contribution in [2.75, 3.05) is 24.3 Å². The van der Waals surface area contributed by atoms with E-state index in [1.807, 2.05) is 0 Å². The Bertz CT molecular complexity index is 736. The third-order valence-electron chi connectivity index (χ3n) is 2.98. The Morgan fingerprint density at radius 2 is 1.75 bits per heavy atom. The number of ether oxygens (including phenoxy) is 1. The van der Waals surface area contributed by atoms with Crippen LogP contribution < -0.4 is 20.7 Å². The van der Waals surface area contributed by atoms with Gasteiger partial charge in [0.15, 0.2) is 0 Å². The van der Waals surface area contributed by atoms with Crippen LogP contribution in [0.15, 0.2) is 42.5 Å². The van der Waals surface area contributed by atoms with E-state index in [1.165, 1.54) is 0 Å². The first-order chi connectivity index (χ1) is 11.5. The maximum atomic E-state index is 11.8. The summed E-state index contributed by atoms with van der Waals surface area (Å²) >= 11 is 11.8. The number of urea groups is 1. The maximum absolute atomic E-state index is 11.8. The molecule has 0 aliphatic carbocycles. The van der Waals surface area contributed by atoms with Crippen molar-refractivity contribution >= 4 is 46.5 Å². The molecule has 3 N–H and O–H groups in total. The van der Waals surface area contributed by atoms with Crippen LogP contribution >= 0.6 is 23.2 Å². The van der Waals surface area contributed by atoms with Crippen molar-refractivity contribution in [3.8, 4) is 5.75 Å². The summed E-state index contributed by atoms with van der Waals surface area (Å²) in [6, 6.07) is 11.1. The topological polar surface area (TPSA) is 79.5 Å². The van der Waals surface area contributed by atoms with Gasteiger partial charge in [-0.3, -0.25) is 4.79 Å². The molecule has 2 aromatic rings. The predicted molar refractivity (Wildman–Crippen MR) is 95.1 cm³/mol.